The third-order valence-corrected chi connectivity index (χ3v) is 1.68. The summed E-state index contributed by atoms with van der Waals surface area (Å²) in [5.41, 5.74) is 10.4. The summed E-state index contributed by atoms with van der Waals surface area (Å²) in [6.45, 7) is 2.20. The average Bonchev–Trinajstić information content (AvgIpc) is 2.19. The largest absolute Gasteiger partial charge is 0.489 e. The summed E-state index contributed by atoms with van der Waals surface area (Å²) in [4.78, 5) is 3.81. The van der Waals surface area contributed by atoms with Crippen molar-refractivity contribution in [2.24, 2.45) is 16.5 Å². The zero-order valence-corrected chi connectivity index (χ0v) is 8.48. The van der Waals surface area contributed by atoms with Crippen molar-refractivity contribution in [2.45, 2.75) is 13.0 Å². The van der Waals surface area contributed by atoms with Crippen molar-refractivity contribution in [3.8, 4) is 5.75 Å². The molecule has 1 aromatic carbocycles. The van der Waals surface area contributed by atoms with Gasteiger partial charge < -0.3 is 16.2 Å². The molecule has 0 aliphatic carbocycles. The Morgan fingerprint density at radius 1 is 1.40 bits per heavy atom. The Balaban J connectivity index is 2.47. The van der Waals surface area contributed by atoms with Gasteiger partial charge in [0.15, 0.2) is 5.96 Å². The van der Waals surface area contributed by atoms with Crippen LogP contribution in [0.4, 0.5) is 4.39 Å². The van der Waals surface area contributed by atoms with Gasteiger partial charge in [-0.2, -0.15) is 0 Å². The quantitative estimate of drug-likeness (QED) is 0.573. The maximum Gasteiger partial charge on any atom is 0.186 e. The summed E-state index contributed by atoms with van der Waals surface area (Å²) in [6, 6.07) is 5.79. The maximum absolute atomic E-state index is 12.6. The molecule has 0 aliphatic heterocycles. The average molecular weight is 211 g/mol. The minimum absolute atomic E-state index is 0.0320. The van der Waals surface area contributed by atoms with Crippen LogP contribution in [-0.4, -0.2) is 18.6 Å². The van der Waals surface area contributed by atoms with E-state index in [1.807, 2.05) is 6.92 Å². The molecule has 1 atom stereocenters. The molecule has 82 valence electrons. The lowest BCUT2D eigenvalue weighted by molar-refractivity contribution is 0.230. The molecule has 0 aromatic heterocycles. The second-order valence-corrected chi connectivity index (χ2v) is 3.15. The van der Waals surface area contributed by atoms with E-state index in [9.17, 15) is 4.39 Å². The van der Waals surface area contributed by atoms with Crippen molar-refractivity contribution in [3.63, 3.8) is 0 Å². The van der Waals surface area contributed by atoms with Crippen LogP contribution in [-0.2, 0) is 0 Å². The van der Waals surface area contributed by atoms with Crippen molar-refractivity contribution in [3.05, 3.63) is 30.1 Å². The standard InChI is InChI=1S/C10H14FN3O/c1-7(6-14-10(12)13)15-9-4-2-8(11)3-5-9/h2-5,7H,6H2,1H3,(H4,12,13,14). The van der Waals surface area contributed by atoms with E-state index in [1.165, 1.54) is 12.1 Å². The summed E-state index contributed by atoms with van der Waals surface area (Å²) >= 11 is 0. The van der Waals surface area contributed by atoms with E-state index in [2.05, 4.69) is 4.99 Å². The van der Waals surface area contributed by atoms with Gasteiger partial charge in [-0.3, -0.25) is 0 Å². The predicted octanol–water partition coefficient (Wildman–Crippen LogP) is 0.866. The van der Waals surface area contributed by atoms with Crippen LogP contribution in [0.1, 0.15) is 6.92 Å². The van der Waals surface area contributed by atoms with E-state index >= 15 is 0 Å². The summed E-state index contributed by atoms with van der Waals surface area (Å²) in [7, 11) is 0. The number of nitrogens with two attached hydrogens (primary N) is 2. The fourth-order valence-corrected chi connectivity index (χ4v) is 1.02. The van der Waals surface area contributed by atoms with E-state index < -0.39 is 0 Å². The van der Waals surface area contributed by atoms with Gasteiger partial charge in [-0.15, -0.1) is 0 Å². The molecule has 4 nitrogen and oxygen atoms in total. The molecule has 0 radical (unpaired) electrons. The van der Waals surface area contributed by atoms with E-state index in [-0.39, 0.29) is 17.9 Å². The molecule has 0 bridgehead atoms. The van der Waals surface area contributed by atoms with Crippen molar-refractivity contribution in [2.75, 3.05) is 6.54 Å². The molecule has 15 heavy (non-hydrogen) atoms. The first kappa shape index (κ1) is 11.3. The van der Waals surface area contributed by atoms with Crippen molar-refractivity contribution < 1.29 is 9.13 Å². The summed E-state index contributed by atoms with van der Waals surface area (Å²) in [6.07, 6.45) is -0.155. The van der Waals surface area contributed by atoms with Crippen LogP contribution in [0, 0.1) is 5.82 Å². The lowest BCUT2D eigenvalue weighted by Crippen LogP contribution is -2.26. The number of ether oxygens (including phenoxy) is 1. The minimum Gasteiger partial charge on any atom is -0.489 e. The Kier molecular flexibility index (Phi) is 3.91. The van der Waals surface area contributed by atoms with Gasteiger partial charge >= 0.3 is 0 Å². The number of rotatable bonds is 4. The third-order valence-electron chi connectivity index (χ3n) is 1.68. The second kappa shape index (κ2) is 5.19. The summed E-state index contributed by atoms with van der Waals surface area (Å²) < 4.78 is 18.0. The number of benzene rings is 1. The molecule has 0 aliphatic rings. The van der Waals surface area contributed by atoms with Crippen molar-refractivity contribution in [1.29, 1.82) is 0 Å². The molecular formula is C10H14FN3O. The molecule has 0 amide bonds. The van der Waals surface area contributed by atoms with Gasteiger partial charge in [0.25, 0.3) is 0 Å². The highest BCUT2D eigenvalue weighted by molar-refractivity contribution is 5.75. The first-order valence-electron chi connectivity index (χ1n) is 4.55. The van der Waals surface area contributed by atoms with Gasteiger partial charge in [-0.1, -0.05) is 0 Å². The molecule has 4 N–H and O–H groups in total. The van der Waals surface area contributed by atoms with Gasteiger partial charge in [0, 0.05) is 0 Å². The smallest absolute Gasteiger partial charge is 0.186 e. The first-order valence-corrected chi connectivity index (χ1v) is 4.55. The Bertz CT molecular complexity index is 333. The van der Waals surface area contributed by atoms with Gasteiger partial charge in [-0.25, -0.2) is 9.38 Å². The van der Waals surface area contributed by atoms with Crippen LogP contribution in [0.3, 0.4) is 0 Å². The zero-order valence-electron chi connectivity index (χ0n) is 8.48. The number of halogens is 1. The predicted molar refractivity (Wildman–Crippen MR) is 57.2 cm³/mol. The Labute approximate surface area is 87.7 Å². The monoisotopic (exact) mass is 211 g/mol. The van der Waals surface area contributed by atoms with Crippen LogP contribution in [0.15, 0.2) is 29.3 Å². The SMILES string of the molecule is CC(CN=C(N)N)Oc1ccc(F)cc1. The normalized spacial score (nSPS) is 11.9. The molecule has 0 fully saturated rings. The van der Waals surface area contributed by atoms with Gasteiger partial charge in [0.2, 0.25) is 0 Å². The molecule has 1 unspecified atom stereocenters. The zero-order chi connectivity index (χ0) is 11.3. The molecule has 0 heterocycles. The Morgan fingerprint density at radius 2 is 2.00 bits per heavy atom. The van der Waals surface area contributed by atoms with Crippen LogP contribution >= 0.6 is 0 Å². The molecule has 0 spiro atoms. The number of hydrogen-bond acceptors (Lipinski definition) is 2. The van der Waals surface area contributed by atoms with Crippen LogP contribution in [0.2, 0.25) is 0 Å². The second-order valence-electron chi connectivity index (χ2n) is 3.15. The molecule has 1 aromatic rings. The highest BCUT2D eigenvalue weighted by Gasteiger charge is 2.02. The number of hydrogen-bond donors (Lipinski definition) is 2. The highest BCUT2D eigenvalue weighted by Crippen LogP contribution is 2.12. The van der Waals surface area contributed by atoms with Crippen molar-refractivity contribution in [1.82, 2.24) is 0 Å². The lowest BCUT2D eigenvalue weighted by Gasteiger charge is -2.12. The molecule has 1 rings (SSSR count). The highest BCUT2D eigenvalue weighted by atomic mass is 19.1. The number of guanidine groups is 1. The van der Waals surface area contributed by atoms with Gasteiger partial charge in [0.05, 0.1) is 6.54 Å². The van der Waals surface area contributed by atoms with E-state index in [4.69, 9.17) is 16.2 Å². The Morgan fingerprint density at radius 3 is 2.53 bits per heavy atom. The Hall–Kier alpha value is -1.78. The number of nitrogens with zero attached hydrogens (tertiary/aromatic N) is 1. The topological polar surface area (TPSA) is 73.6 Å². The first-order chi connectivity index (χ1) is 7.08. The molecular weight excluding hydrogens is 197 g/mol. The fourth-order valence-electron chi connectivity index (χ4n) is 1.02. The van der Waals surface area contributed by atoms with Gasteiger partial charge in [0.1, 0.15) is 17.7 Å². The van der Waals surface area contributed by atoms with E-state index in [0.29, 0.717) is 12.3 Å². The molecule has 0 saturated heterocycles. The summed E-state index contributed by atoms with van der Waals surface area (Å²) in [5.74, 6) is 0.332. The third kappa shape index (κ3) is 4.30. The van der Waals surface area contributed by atoms with Crippen molar-refractivity contribution >= 4 is 5.96 Å². The van der Waals surface area contributed by atoms with Gasteiger partial charge in [-0.05, 0) is 31.2 Å². The van der Waals surface area contributed by atoms with Crippen LogP contribution < -0.4 is 16.2 Å². The van der Waals surface area contributed by atoms with Crippen LogP contribution in [0.5, 0.6) is 5.75 Å². The molecule has 5 heteroatoms. The summed E-state index contributed by atoms with van der Waals surface area (Å²) in [5, 5.41) is 0. The van der Waals surface area contributed by atoms with E-state index in [1.54, 1.807) is 12.1 Å². The fraction of sp³-hybridized carbons (Fsp3) is 0.300. The lowest BCUT2D eigenvalue weighted by atomic mass is 10.3. The minimum atomic E-state index is -0.292. The van der Waals surface area contributed by atoms with Crippen LogP contribution in [0.25, 0.3) is 0 Å². The van der Waals surface area contributed by atoms with E-state index in [0.717, 1.165) is 0 Å². The number of aliphatic imine (C=N–C) groups is 1. The maximum atomic E-state index is 12.6. The molecule has 0 saturated carbocycles.